The summed E-state index contributed by atoms with van der Waals surface area (Å²) in [5.74, 6) is 0.841. The van der Waals surface area contributed by atoms with Crippen LogP contribution in [0.3, 0.4) is 0 Å². The highest BCUT2D eigenvalue weighted by Crippen LogP contribution is 2.26. The van der Waals surface area contributed by atoms with Gasteiger partial charge in [-0.3, -0.25) is 14.3 Å². The lowest BCUT2D eigenvalue weighted by atomic mass is 10.2. The van der Waals surface area contributed by atoms with Gasteiger partial charge in [-0.1, -0.05) is 48.2 Å². The minimum atomic E-state index is -0.105. The van der Waals surface area contributed by atoms with E-state index in [1.807, 2.05) is 60.0 Å². The van der Waals surface area contributed by atoms with Gasteiger partial charge in [0, 0.05) is 22.4 Å². The number of aryl methyl sites for hydroxylation is 1. The van der Waals surface area contributed by atoms with Crippen molar-refractivity contribution in [1.82, 2.24) is 19.7 Å². The largest absolute Gasteiger partial charge is 0.324 e. The van der Waals surface area contributed by atoms with Crippen molar-refractivity contribution in [2.24, 2.45) is 0 Å². The van der Waals surface area contributed by atoms with Crippen LogP contribution < -0.4 is 5.32 Å². The number of benzene rings is 2. The number of nitrogens with one attached hydrogen (secondary N) is 1. The fourth-order valence-corrected chi connectivity index (χ4v) is 4.38. The molecule has 4 rings (SSSR count). The zero-order valence-corrected chi connectivity index (χ0v) is 19.2. The quantitative estimate of drug-likeness (QED) is 0.358. The van der Waals surface area contributed by atoms with Gasteiger partial charge < -0.3 is 5.32 Å². The predicted octanol–water partition coefficient (Wildman–Crippen LogP) is 5.19. The number of halogens is 1. The highest BCUT2D eigenvalue weighted by Gasteiger charge is 2.16. The van der Waals surface area contributed by atoms with E-state index in [1.165, 1.54) is 11.8 Å². The summed E-state index contributed by atoms with van der Waals surface area (Å²) in [6.07, 6.45) is 3.49. The fourth-order valence-electron chi connectivity index (χ4n) is 3.05. The summed E-state index contributed by atoms with van der Waals surface area (Å²) in [7, 11) is 0. The molecular weight excluding hydrogens is 474 g/mol. The van der Waals surface area contributed by atoms with Crippen molar-refractivity contribution in [2.45, 2.75) is 18.6 Å². The van der Waals surface area contributed by atoms with Crippen LogP contribution in [0.1, 0.15) is 11.1 Å². The molecule has 2 aromatic carbocycles. The van der Waals surface area contributed by atoms with Gasteiger partial charge in [0.05, 0.1) is 18.0 Å². The first-order valence-corrected chi connectivity index (χ1v) is 11.4. The van der Waals surface area contributed by atoms with Crippen LogP contribution in [0.4, 0.5) is 5.69 Å². The number of anilines is 1. The van der Waals surface area contributed by atoms with Crippen LogP contribution in [-0.2, 0) is 11.3 Å². The van der Waals surface area contributed by atoms with E-state index in [-0.39, 0.29) is 11.7 Å². The molecule has 31 heavy (non-hydrogen) atoms. The van der Waals surface area contributed by atoms with Crippen LogP contribution in [0.5, 0.6) is 0 Å². The van der Waals surface area contributed by atoms with Crippen LogP contribution in [-0.4, -0.2) is 31.4 Å². The molecule has 2 heterocycles. The number of hydrogen-bond acceptors (Lipinski definition) is 5. The first-order chi connectivity index (χ1) is 15.1. The zero-order chi connectivity index (χ0) is 21.6. The van der Waals surface area contributed by atoms with Gasteiger partial charge in [-0.2, -0.15) is 0 Å². The molecule has 0 atom stereocenters. The summed E-state index contributed by atoms with van der Waals surface area (Å²) in [5, 5.41) is 12.4. The summed E-state index contributed by atoms with van der Waals surface area (Å²) in [5.41, 5.74) is 3.88. The van der Waals surface area contributed by atoms with Crippen molar-refractivity contribution in [1.29, 1.82) is 0 Å². The van der Waals surface area contributed by atoms with E-state index in [9.17, 15) is 4.79 Å². The van der Waals surface area contributed by atoms with Gasteiger partial charge in [0.1, 0.15) is 0 Å². The number of carbonyl (C=O) groups excluding carboxylic acids is 1. The topological polar surface area (TPSA) is 72.7 Å². The monoisotopic (exact) mass is 493 g/mol. The summed E-state index contributed by atoms with van der Waals surface area (Å²) >= 11 is 4.86. The van der Waals surface area contributed by atoms with Crippen molar-refractivity contribution >= 4 is 39.3 Å². The van der Waals surface area contributed by atoms with Gasteiger partial charge in [-0.05, 0) is 58.2 Å². The Bertz CT molecular complexity index is 1180. The van der Waals surface area contributed by atoms with E-state index in [2.05, 4.69) is 48.6 Å². The van der Waals surface area contributed by atoms with Gasteiger partial charge >= 0.3 is 0 Å². The minimum Gasteiger partial charge on any atom is -0.324 e. The summed E-state index contributed by atoms with van der Waals surface area (Å²) in [6.45, 7) is 2.61. The molecule has 8 heteroatoms. The van der Waals surface area contributed by atoms with Gasteiger partial charge in [-0.15, -0.1) is 10.2 Å². The maximum Gasteiger partial charge on any atom is 0.234 e. The molecule has 0 unspecified atom stereocenters. The van der Waals surface area contributed by atoms with Gasteiger partial charge in [0.2, 0.25) is 5.91 Å². The third-order valence-electron chi connectivity index (χ3n) is 4.55. The van der Waals surface area contributed by atoms with Crippen molar-refractivity contribution in [2.75, 3.05) is 11.1 Å². The number of pyridine rings is 1. The Balaban J connectivity index is 1.53. The second-order valence-corrected chi connectivity index (χ2v) is 8.74. The van der Waals surface area contributed by atoms with Gasteiger partial charge in [0.15, 0.2) is 11.0 Å². The smallest absolute Gasteiger partial charge is 0.234 e. The van der Waals surface area contributed by atoms with Gasteiger partial charge in [-0.25, -0.2) is 0 Å². The first kappa shape index (κ1) is 21.3. The normalized spacial score (nSPS) is 10.8. The Hall–Kier alpha value is -2.97. The molecule has 0 saturated carbocycles. The highest BCUT2D eigenvalue weighted by molar-refractivity contribution is 9.10. The molecule has 0 spiro atoms. The molecule has 0 aliphatic carbocycles. The molecule has 0 radical (unpaired) electrons. The van der Waals surface area contributed by atoms with Crippen LogP contribution in [0.2, 0.25) is 0 Å². The van der Waals surface area contributed by atoms with E-state index in [0.29, 0.717) is 11.7 Å². The molecule has 1 N–H and O–H groups in total. The van der Waals surface area contributed by atoms with Gasteiger partial charge in [0.25, 0.3) is 0 Å². The lowest BCUT2D eigenvalue weighted by Gasteiger charge is -2.11. The summed E-state index contributed by atoms with van der Waals surface area (Å²) < 4.78 is 2.88. The molecule has 0 saturated heterocycles. The van der Waals surface area contributed by atoms with E-state index in [0.717, 1.165) is 32.7 Å². The molecule has 0 aliphatic rings. The SMILES string of the molecule is Cc1ccc(NC(=O)CSc2nnc(-c3cccnc3)n2Cc2ccccc2)c(Br)c1. The second kappa shape index (κ2) is 9.89. The lowest BCUT2D eigenvalue weighted by molar-refractivity contribution is -0.113. The van der Waals surface area contributed by atoms with Crippen LogP contribution in [0, 0.1) is 6.92 Å². The third-order valence-corrected chi connectivity index (χ3v) is 6.17. The van der Waals surface area contributed by atoms with Crippen LogP contribution in [0.25, 0.3) is 11.4 Å². The molecule has 0 fully saturated rings. The first-order valence-electron chi connectivity index (χ1n) is 9.66. The molecule has 0 aliphatic heterocycles. The van der Waals surface area contributed by atoms with E-state index < -0.39 is 0 Å². The van der Waals surface area contributed by atoms with Crippen molar-refractivity contribution in [3.05, 3.63) is 88.7 Å². The lowest BCUT2D eigenvalue weighted by Crippen LogP contribution is -2.15. The van der Waals surface area contributed by atoms with Crippen molar-refractivity contribution in [3.63, 3.8) is 0 Å². The number of hydrogen-bond donors (Lipinski definition) is 1. The number of nitrogens with zero attached hydrogens (tertiary/aromatic N) is 4. The van der Waals surface area contributed by atoms with Crippen LogP contribution in [0.15, 0.2) is 82.7 Å². The maximum atomic E-state index is 12.5. The second-order valence-electron chi connectivity index (χ2n) is 6.94. The summed E-state index contributed by atoms with van der Waals surface area (Å²) in [6, 6.07) is 19.8. The summed E-state index contributed by atoms with van der Waals surface area (Å²) in [4.78, 5) is 16.7. The Morgan fingerprint density at radius 2 is 1.94 bits per heavy atom. The maximum absolute atomic E-state index is 12.5. The van der Waals surface area contributed by atoms with E-state index in [4.69, 9.17) is 0 Å². The number of aromatic nitrogens is 4. The Morgan fingerprint density at radius 3 is 2.68 bits per heavy atom. The molecule has 0 bridgehead atoms. The number of carbonyl (C=O) groups is 1. The van der Waals surface area contributed by atoms with E-state index >= 15 is 0 Å². The molecule has 1 amide bonds. The average Bonchev–Trinajstić information content (AvgIpc) is 3.18. The standard InChI is InChI=1S/C23H20BrN5OS/c1-16-9-10-20(19(24)12-16)26-21(30)15-31-23-28-27-22(18-8-5-11-25-13-18)29(23)14-17-6-3-2-4-7-17/h2-13H,14-15H2,1H3,(H,26,30). The number of rotatable bonds is 7. The number of thioether (sulfide) groups is 1. The Kier molecular flexibility index (Phi) is 6.79. The Morgan fingerprint density at radius 1 is 1.10 bits per heavy atom. The Labute approximate surface area is 193 Å². The molecule has 156 valence electrons. The minimum absolute atomic E-state index is 0.105. The van der Waals surface area contributed by atoms with Crippen molar-refractivity contribution in [3.8, 4) is 11.4 Å². The van der Waals surface area contributed by atoms with Crippen LogP contribution >= 0.6 is 27.7 Å². The average molecular weight is 494 g/mol. The molecule has 6 nitrogen and oxygen atoms in total. The van der Waals surface area contributed by atoms with E-state index in [1.54, 1.807) is 12.4 Å². The molecular formula is C23H20BrN5OS. The zero-order valence-electron chi connectivity index (χ0n) is 16.8. The highest BCUT2D eigenvalue weighted by atomic mass is 79.9. The molecule has 4 aromatic rings. The number of amides is 1. The fraction of sp³-hybridized carbons (Fsp3) is 0.130. The third kappa shape index (κ3) is 5.39. The predicted molar refractivity (Wildman–Crippen MR) is 127 cm³/mol. The molecule has 2 aromatic heterocycles. The van der Waals surface area contributed by atoms with Crippen molar-refractivity contribution < 1.29 is 4.79 Å².